The number of carbonyl (C=O) groups excluding carboxylic acids is 1. The molecule has 27 heavy (non-hydrogen) atoms. The molecule has 7 nitrogen and oxygen atoms in total. The first-order chi connectivity index (χ1) is 13.1. The van der Waals surface area contributed by atoms with Crippen molar-refractivity contribution in [1.82, 2.24) is 19.9 Å². The maximum Gasteiger partial charge on any atom is 0.274 e. The van der Waals surface area contributed by atoms with Crippen LogP contribution in [0.3, 0.4) is 0 Å². The fraction of sp³-hybridized carbons (Fsp3) is 0.222. The van der Waals surface area contributed by atoms with Gasteiger partial charge in [-0.2, -0.15) is 4.39 Å². The molecule has 0 aliphatic rings. The third kappa shape index (κ3) is 5.07. The topological polar surface area (TPSA) is 97.0 Å². The number of aromatic nitrogens is 3. The minimum absolute atomic E-state index is 0.248. The number of carbonyl (C=O) groups is 1. The molecule has 3 aromatic rings. The second kappa shape index (κ2) is 9.00. The van der Waals surface area contributed by atoms with E-state index in [1.807, 2.05) is 18.2 Å². The molecule has 2 aromatic heterocycles. The molecular weight excluding hydrogens is 462 g/mol. The monoisotopic (exact) mass is 480 g/mol. The second-order valence-electron chi connectivity index (χ2n) is 5.74. The summed E-state index contributed by atoms with van der Waals surface area (Å²) in [6.45, 7) is 1.48. The van der Waals surface area contributed by atoms with Gasteiger partial charge in [-0.15, -0.1) is 0 Å². The fourth-order valence-corrected chi connectivity index (χ4v) is 3.02. The van der Waals surface area contributed by atoms with Gasteiger partial charge in [0.05, 0.1) is 17.2 Å². The van der Waals surface area contributed by atoms with Crippen molar-refractivity contribution in [3.05, 3.63) is 57.8 Å². The van der Waals surface area contributed by atoms with Gasteiger partial charge >= 0.3 is 0 Å². The molecule has 3 rings (SSSR count). The van der Waals surface area contributed by atoms with Crippen molar-refractivity contribution in [2.24, 2.45) is 5.73 Å². The number of fused-ring (bicyclic) bond motifs is 1. The van der Waals surface area contributed by atoms with Crippen LogP contribution in [0.5, 0.6) is 0 Å². The number of rotatable bonds is 7. The van der Waals surface area contributed by atoms with E-state index in [0.29, 0.717) is 37.5 Å². The van der Waals surface area contributed by atoms with Crippen LogP contribution in [-0.4, -0.2) is 51.9 Å². The zero-order valence-electron chi connectivity index (χ0n) is 14.4. The Hall–Kier alpha value is -2.40. The lowest BCUT2D eigenvalue weighted by atomic mass is 10.3. The Bertz CT molecular complexity index is 954. The number of nitrogens with one attached hydrogen (secondary N) is 1. The molecular formula is C18H18FIN6O. The fourth-order valence-electron chi connectivity index (χ4n) is 2.55. The first-order valence-corrected chi connectivity index (χ1v) is 9.43. The Kier molecular flexibility index (Phi) is 6.45. The van der Waals surface area contributed by atoms with Crippen LogP contribution in [0, 0.1) is 9.52 Å². The minimum Gasteiger partial charge on any atom is -0.368 e. The van der Waals surface area contributed by atoms with Crippen molar-refractivity contribution >= 4 is 45.3 Å². The van der Waals surface area contributed by atoms with Crippen LogP contribution in [0.1, 0.15) is 10.5 Å². The zero-order chi connectivity index (χ0) is 19.2. The van der Waals surface area contributed by atoms with Crippen molar-refractivity contribution < 1.29 is 9.18 Å². The minimum atomic E-state index is -0.559. The molecule has 0 unspecified atom stereocenters. The quantitative estimate of drug-likeness (QED) is 0.398. The molecule has 0 aliphatic heterocycles. The Labute approximate surface area is 169 Å². The third-order valence-electron chi connectivity index (χ3n) is 3.81. The van der Waals surface area contributed by atoms with Gasteiger partial charge in [0, 0.05) is 29.7 Å². The molecule has 0 saturated heterocycles. The van der Waals surface area contributed by atoms with Crippen LogP contribution < -0.4 is 11.1 Å². The maximum atomic E-state index is 13.1. The first-order valence-electron chi connectivity index (χ1n) is 8.35. The van der Waals surface area contributed by atoms with E-state index >= 15 is 0 Å². The third-order valence-corrected chi connectivity index (χ3v) is 4.48. The number of nitrogens with two attached hydrogens (primary N) is 1. The molecule has 1 amide bonds. The number of benzene rings is 1. The van der Waals surface area contributed by atoms with Gasteiger partial charge in [-0.3, -0.25) is 9.78 Å². The summed E-state index contributed by atoms with van der Waals surface area (Å²) in [5.74, 6) is -0.395. The van der Waals surface area contributed by atoms with Crippen LogP contribution in [-0.2, 0) is 0 Å². The average Bonchev–Trinajstić information content (AvgIpc) is 2.66. The van der Waals surface area contributed by atoms with E-state index in [9.17, 15) is 9.18 Å². The number of hydrogen-bond donors (Lipinski definition) is 2. The summed E-state index contributed by atoms with van der Waals surface area (Å²) < 4.78 is 14.2. The van der Waals surface area contributed by atoms with E-state index in [4.69, 9.17) is 5.73 Å². The summed E-state index contributed by atoms with van der Waals surface area (Å²) in [6.07, 6.45) is 1.48. The van der Waals surface area contributed by atoms with Gasteiger partial charge in [-0.05, 0) is 52.9 Å². The molecule has 140 valence electrons. The van der Waals surface area contributed by atoms with Crippen LogP contribution in [0.15, 0.2) is 42.6 Å². The van der Waals surface area contributed by atoms with Crippen LogP contribution >= 0.6 is 22.6 Å². The molecule has 3 N–H and O–H groups in total. The Balaban J connectivity index is 1.69. The predicted molar refractivity (Wildman–Crippen MR) is 110 cm³/mol. The van der Waals surface area contributed by atoms with Crippen molar-refractivity contribution in [2.75, 3.05) is 31.5 Å². The van der Waals surface area contributed by atoms with Crippen LogP contribution in [0.4, 0.5) is 10.2 Å². The SMILES string of the molecule is NCCN(CCNc1cccc(F)n1)C(=O)c1cnc2cc(I)ccc2n1. The van der Waals surface area contributed by atoms with Crippen molar-refractivity contribution in [1.29, 1.82) is 0 Å². The van der Waals surface area contributed by atoms with Gasteiger partial charge in [0.15, 0.2) is 0 Å². The van der Waals surface area contributed by atoms with Gasteiger partial charge in [0.1, 0.15) is 11.5 Å². The highest BCUT2D eigenvalue weighted by Gasteiger charge is 2.17. The second-order valence-corrected chi connectivity index (χ2v) is 6.99. The highest BCUT2D eigenvalue weighted by molar-refractivity contribution is 14.1. The van der Waals surface area contributed by atoms with Gasteiger partial charge in [-0.1, -0.05) is 6.07 Å². The van der Waals surface area contributed by atoms with E-state index in [0.717, 1.165) is 9.09 Å². The van der Waals surface area contributed by atoms with Gasteiger partial charge in [-0.25, -0.2) is 9.97 Å². The number of hydrogen-bond acceptors (Lipinski definition) is 6. The average molecular weight is 480 g/mol. The van der Waals surface area contributed by atoms with E-state index in [1.54, 1.807) is 17.0 Å². The molecule has 0 aliphatic carbocycles. The van der Waals surface area contributed by atoms with E-state index < -0.39 is 5.95 Å². The van der Waals surface area contributed by atoms with Crippen LogP contribution in [0.2, 0.25) is 0 Å². The molecule has 0 fully saturated rings. The summed E-state index contributed by atoms with van der Waals surface area (Å²) in [7, 11) is 0. The maximum absolute atomic E-state index is 13.1. The predicted octanol–water partition coefficient (Wildman–Crippen LogP) is 2.28. The summed E-state index contributed by atoms with van der Waals surface area (Å²) in [4.78, 5) is 26.9. The number of anilines is 1. The van der Waals surface area contributed by atoms with Gasteiger partial charge in [0.25, 0.3) is 5.91 Å². The number of pyridine rings is 1. The first kappa shape index (κ1) is 19.4. The summed E-state index contributed by atoms with van der Waals surface area (Å²) in [5.41, 5.74) is 7.31. The number of halogens is 2. The van der Waals surface area contributed by atoms with Crippen molar-refractivity contribution in [2.45, 2.75) is 0 Å². The van der Waals surface area contributed by atoms with Crippen molar-refractivity contribution in [3.8, 4) is 0 Å². The van der Waals surface area contributed by atoms with Crippen LogP contribution in [0.25, 0.3) is 11.0 Å². The van der Waals surface area contributed by atoms with Crippen molar-refractivity contribution in [3.63, 3.8) is 0 Å². The summed E-state index contributed by atoms with van der Waals surface area (Å²) >= 11 is 2.20. The zero-order valence-corrected chi connectivity index (χ0v) is 16.6. The van der Waals surface area contributed by atoms with E-state index in [1.165, 1.54) is 12.3 Å². The normalized spacial score (nSPS) is 10.8. The highest BCUT2D eigenvalue weighted by atomic mass is 127. The standard InChI is InChI=1S/C18H18FIN6O/c19-16-2-1-3-17(25-16)22-7-9-26(8-6-21)18(27)15-11-23-14-10-12(20)4-5-13(14)24-15/h1-5,10-11H,6-9,21H2,(H,22,25). The number of amides is 1. The lowest BCUT2D eigenvalue weighted by Gasteiger charge is -2.22. The molecule has 1 aromatic carbocycles. The molecule has 2 heterocycles. The number of nitrogens with zero attached hydrogens (tertiary/aromatic N) is 4. The molecule has 0 spiro atoms. The molecule has 0 saturated carbocycles. The Morgan fingerprint density at radius 3 is 2.81 bits per heavy atom. The highest BCUT2D eigenvalue weighted by Crippen LogP contribution is 2.14. The Morgan fingerprint density at radius 2 is 2.04 bits per heavy atom. The lowest BCUT2D eigenvalue weighted by Crippen LogP contribution is -2.39. The van der Waals surface area contributed by atoms with E-state index in [-0.39, 0.29) is 11.6 Å². The summed E-state index contributed by atoms with van der Waals surface area (Å²) in [6, 6.07) is 10.2. The van der Waals surface area contributed by atoms with Gasteiger partial charge in [0.2, 0.25) is 5.95 Å². The summed E-state index contributed by atoms with van der Waals surface area (Å²) in [5, 5.41) is 2.99. The largest absolute Gasteiger partial charge is 0.368 e. The molecule has 9 heteroatoms. The Morgan fingerprint density at radius 1 is 1.19 bits per heavy atom. The molecule has 0 bridgehead atoms. The van der Waals surface area contributed by atoms with E-state index in [2.05, 4.69) is 42.9 Å². The van der Waals surface area contributed by atoms with Gasteiger partial charge < -0.3 is 16.0 Å². The molecule has 0 atom stereocenters. The lowest BCUT2D eigenvalue weighted by molar-refractivity contribution is 0.0760. The molecule has 0 radical (unpaired) electrons. The smallest absolute Gasteiger partial charge is 0.274 e.